The quantitative estimate of drug-likeness (QED) is 0.639. The van der Waals surface area contributed by atoms with Crippen LogP contribution in [0.1, 0.15) is 11.8 Å². The van der Waals surface area contributed by atoms with Gasteiger partial charge in [0.1, 0.15) is 6.61 Å². The number of nitrogens with zero attached hydrogens (tertiary/aromatic N) is 1. The topological polar surface area (TPSA) is 93.5 Å². The smallest absolute Gasteiger partial charge is 0.330 e. The van der Waals surface area contributed by atoms with E-state index >= 15 is 0 Å². The molecule has 2 heterocycles. The Labute approximate surface area is 102 Å². The molecule has 18 heavy (non-hydrogen) atoms. The van der Waals surface area contributed by atoms with Crippen LogP contribution in [0.3, 0.4) is 0 Å². The van der Waals surface area contributed by atoms with Crippen molar-refractivity contribution < 1.29 is 14.6 Å². The highest BCUT2D eigenvalue weighted by Gasteiger charge is 2.41. The number of hydrogen-bond acceptors (Lipinski definition) is 5. The number of aryl methyl sites for hydroxylation is 1. The maximum absolute atomic E-state index is 11.6. The second-order valence-electron chi connectivity index (χ2n) is 3.92. The fraction of sp³-hybridized carbons (Fsp3) is 0.455. The van der Waals surface area contributed by atoms with E-state index in [2.05, 4.69) is 10.9 Å². The molecule has 2 atom stereocenters. The number of aliphatic hydroxyl groups is 1. The van der Waals surface area contributed by atoms with Gasteiger partial charge in [0.25, 0.3) is 11.3 Å². The molecule has 7 nitrogen and oxygen atoms in total. The molecule has 0 saturated carbocycles. The van der Waals surface area contributed by atoms with E-state index < -0.39 is 29.9 Å². The summed E-state index contributed by atoms with van der Waals surface area (Å²) < 4.78 is 11.7. The number of terminal acetylenes is 1. The van der Waals surface area contributed by atoms with Gasteiger partial charge in [-0.15, -0.1) is 6.42 Å². The van der Waals surface area contributed by atoms with Crippen molar-refractivity contribution in [2.75, 3.05) is 13.2 Å². The van der Waals surface area contributed by atoms with Gasteiger partial charge in [-0.2, -0.15) is 0 Å². The van der Waals surface area contributed by atoms with Gasteiger partial charge < -0.3 is 14.6 Å². The van der Waals surface area contributed by atoms with Crippen molar-refractivity contribution in [3.05, 3.63) is 32.6 Å². The van der Waals surface area contributed by atoms with Crippen molar-refractivity contribution in [1.29, 1.82) is 0 Å². The van der Waals surface area contributed by atoms with Crippen LogP contribution in [0, 0.1) is 19.3 Å². The van der Waals surface area contributed by atoms with Gasteiger partial charge in [-0.3, -0.25) is 14.3 Å². The Morgan fingerprint density at radius 2 is 2.44 bits per heavy atom. The summed E-state index contributed by atoms with van der Waals surface area (Å²) in [7, 11) is 0. The number of ether oxygens (including phenoxy) is 2. The maximum atomic E-state index is 11.6. The molecule has 1 fully saturated rings. The van der Waals surface area contributed by atoms with Crippen LogP contribution in [0.25, 0.3) is 0 Å². The Balaban J connectivity index is 2.36. The number of aliphatic hydroxyl groups excluding tert-OH is 1. The predicted molar refractivity (Wildman–Crippen MR) is 60.8 cm³/mol. The first-order valence-electron chi connectivity index (χ1n) is 5.24. The summed E-state index contributed by atoms with van der Waals surface area (Å²) in [5, 5.41) is 9.11. The lowest BCUT2D eigenvalue weighted by Gasteiger charge is -2.19. The first-order chi connectivity index (χ1) is 8.51. The van der Waals surface area contributed by atoms with E-state index in [0.29, 0.717) is 5.56 Å². The van der Waals surface area contributed by atoms with Crippen LogP contribution < -0.4 is 11.2 Å². The average molecular weight is 252 g/mol. The molecule has 0 radical (unpaired) electrons. The van der Waals surface area contributed by atoms with Crippen molar-refractivity contribution in [2.24, 2.45) is 0 Å². The van der Waals surface area contributed by atoms with Crippen LogP contribution in [0.5, 0.6) is 0 Å². The summed E-state index contributed by atoms with van der Waals surface area (Å²) in [6, 6.07) is 0. The molecule has 1 aliphatic rings. The van der Waals surface area contributed by atoms with Gasteiger partial charge in [0.2, 0.25) is 0 Å². The van der Waals surface area contributed by atoms with Crippen LogP contribution in [-0.2, 0) is 9.47 Å². The van der Waals surface area contributed by atoms with E-state index in [9.17, 15) is 9.59 Å². The zero-order valence-electron chi connectivity index (χ0n) is 9.67. The minimum atomic E-state index is -1.53. The average Bonchev–Trinajstić information content (AvgIpc) is 2.79. The first kappa shape index (κ1) is 12.6. The van der Waals surface area contributed by atoms with Gasteiger partial charge in [-0.25, -0.2) is 4.79 Å². The lowest BCUT2D eigenvalue weighted by atomic mass is 10.3. The molecule has 2 N–H and O–H groups in total. The normalized spacial score (nSPS) is 27.1. The monoisotopic (exact) mass is 252 g/mol. The van der Waals surface area contributed by atoms with Crippen molar-refractivity contribution in [1.82, 2.24) is 9.55 Å². The molecule has 0 bridgehead atoms. The lowest BCUT2D eigenvalue weighted by Crippen LogP contribution is -2.36. The Morgan fingerprint density at radius 1 is 1.72 bits per heavy atom. The highest BCUT2D eigenvalue weighted by molar-refractivity contribution is 5.06. The lowest BCUT2D eigenvalue weighted by molar-refractivity contribution is -0.156. The minimum absolute atomic E-state index is 0.0101. The summed E-state index contributed by atoms with van der Waals surface area (Å²) in [4.78, 5) is 25.0. The second-order valence-corrected chi connectivity index (χ2v) is 3.92. The third-order valence-electron chi connectivity index (χ3n) is 2.67. The number of nitrogens with one attached hydrogen (secondary N) is 1. The third-order valence-corrected chi connectivity index (χ3v) is 2.67. The highest BCUT2D eigenvalue weighted by atomic mass is 16.8. The Hall–Kier alpha value is -1.88. The fourth-order valence-electron chi connectivity index (χ4n) is 1.64. The van der Waals surface area contributed by atoms with Gasteiger partial charge in [-0.05, 0) is 12.8 Å². The fourth-order valence-corrected chi connectivity index (χ4v) is 1.64. The van der Waals surface area contributed by atoms with E-state index in [1.807, 2.05) is 0 Å². The summed E-state index contributed by atoms with van der Waals surface area (Å²) in [5.41, 5.74) is -0.717. The molecule has 0 unspecified atom stereocenters. The van der Waals surface area contributed by atoms with Crippen molar-refractivity contribution >= 4 is 0 Å². The second kappa shape index (κ2) is 4.42. The largest absolute Gasteiger partial charge is 0.390 e. The molecule has 1 saturated heterocycles. The zero-order valence-corrected chi connectivity index (χ0v) is 9.67. The zero-order chi connectivity index (χ0) is 13.3. The number of rotatable bonds is 2. The number of aromatic nitrogens is 2. The summed E-state index contributed by atoms with van der Waals surface area (Å²) >= 11 is 0. The molecule has 0 aliphatic carbocycles. The van der Waals surface area contributed by atoms with Gasteiger partial charge in [0.05, 0.1) is 6.61 Å². The van der Waals surface area contributed by atoms with Gasteiger partial charge in [-0.1, -0.05) is 0 Å². The van der Waals surface area contributed by atoms with Crippen LogP contribution in [-0.4, -0.2) is 33.7 Å². The first-order valence-corrected chi connectivity index (χ1v) is 5.24. The van der Waals surface area contributed by atoms with E-state index in [1.54, 1.807) is 6.92 Å². The van der Waals surface area contributed by atoms with Crippen LogP contribution >= 0.6 is 0 Å². The summed E-state index contributed by atoms with van der Waals surface area (Å²) in [6.45, 7) is 1.05. The van der Waals surface area contributed by atoms with E-state index in [0.717, 1.165) is 0 Å². The van der Waals surface area contributed by atoms with Gasteiger partial charge in [0, 0.05) is 11.8 Å². The molecule has 2 rings (SSSR count). The molecular weight excluding hydrogens is 240 g/mol. The van der Waals surface area contributed by atoms with Crippen molar-refractivity contribution in [3.63, 3.8) is 0 Å². The van der Waals surface area contributed by atoms with Crippen molar-refractivity contribution in [2.45, 2.75) is 18.9 Å². The molecular formula is C11H12N2O5. The molecule has 1 aromatic rings. The van der Waals surface area contributed by atoms with E-state index in [4.69, 9.17) is 21.0 Å². The maximum Gasteiger partial charge on any atom is 0.330 e. The molecule has 1 aromatic heterocycles. The number of aromatic amines is 1. The highest BCUT2D eigenvalue weighted by Crippen LogP contribution is 2.27. The molecule has 96 valence electrons. The summed E-state index contributed by atoms with van der Waals surface area (Å²) in [6.07, 6.45) is 5.79. The van der Waals surface area contributed by atoms with Gasteiger partial charge >= 0.3 is 5.69 Å². The van der Waals surface area contributed by atoms with Crippen LogP contribution in [0.4, 0.5) is 0 Å². The third kappa shape index (κ3) is 1.97. The molecule has 0 spiro atoms. The summed E-state index contributed by atoms with van der Waals surface area (Å²) in [5.74, 6) is 0.657. The van der Waals surface area contributed by atoms with Gasteiger partial charge in [0.15, 0.2) is 6.23 Å². The predicted octanol–water partition coefficient (Wildman–Crippen LogP) is -1.29. The Morgan fingerprint density at radius 3 is 3.00 bits per heavy atom. The Bertz CT molecular complexity index is 611. The molecule has 7 heteroatoms. The van der Waals surface area contributed by atoms with E-state index in [1.165, 1.54) is 10.8 Å². The Kier molecular flexibility index (Phi) is 3.09. The van der Waals surface area contributed by atoms with E-state index in [-0.39, 0.29) is 6.61 Å². The minimum Gasteiger partial charge on any atom is -0.390 e. The SMILES string of the molecule is C#C[C@@]1(CO)OC[C@H](n2cc(C)c(=O)[nH]c2=O)O1. The molecule has 0 aromatic carbocycles. The molecule has 0 amide bonds. The van der Waals surface area contributed by atoms with Crippen LogP contribution in [0.15, 0.2) is 15.8 Å². The van der Waals surface area contributed by atoms with Crippen LogP contribution in [0.2, 0.25) is 0 Å². The van der Waals surface area contributed by atoms with Crippen molar-refractivity contribution in [3.8, 4) is 12.3 Å². The standard InChI is InChI=1S/C11H12N2O5/c1-3-11(6-14)17-5-8(18-11)13-4-7(2)9(15)12-10(13)16/h1,4,8,14H,5-6H2,2H3,(H,12,15,16)/t8-,11-/m1/s1. The number of H-pyrrole nitrogens is 1. The molecule has 1 aliphatic heterocycles. The number of hydrogen-bond donors (Lipinski definition) is 2.